The van der Waals surface area contributed by atoms with Crippen molar-refractivity contribution in [2.45, 2.75) is 43.2 Å². The second kappa shape index (κ2) is 8.99. The van der Waals surface area contributed by atoms with Gasteiger partial charge >= 0.3 is 0 Å². The number of rotatable bonds is 4. The fraction of sp³-hybridized carbons (Fsp3) is 0.458. The molecule has 0 radical (unpaired) electrons. The van der Waals surface area contributed by atoms with Gasteiger partial charge in [0.25, 0.3) is 0 Å². The number of carbonyl (C=O) groups is 1. The largest absolute Gasteiger partial charge is 0.508 e. The third kappa shape index (κ3) is 4.70. The Hall–Kier alpha value is -1.79. The summed E-state index contributed by atoms with van der Waals surface area (Å²) in [6, 6.07) is 12.4. The first kappa shape index (κ1) is 22.4. The molecule has 1 aliphatic heterocycles. The maximum atomic E-state index is 12.8. The molecule has 7 heteroatoms. The number of likely N-dealkylation sites (tertiary alicyclic amines) is 1. The smallest absolute Gasteiger partial charge is 0.224 e. The second-order valence-electron chi connectivity index (χ2n) is 9.02. The summed E-state index contributed by atoms with van der Waals surface area (Å²) in [7, 11) is 2.07. The van der Waals surface area contributed by atoms with E-state index >= 15 is 0 Å². The highest BCUT2D eigenvalue weighted by molar-refractivity contribution is 6.42. The molecule has 4 rings (SSSR count). The third-order valence-corrected chi connectivity index (χ3v) is 7.63. The van der Waals surface area contributed by atoms with Crippen LogP contribution < -0.4 is 5.32 Å². The molecule has 166 valence electrons. The molecular weight excluding hydrogens is 435 g/mol. The Morgan fingerprint density at radius 3 is 2.77 bits per heavy atom. The first-order chi connectivity index (χ1) is 14.8. The van der Waals surface area contributed by atoms with Crippen LogP contribution in [0.25, 0.3) is 0 Å². The Bertz CT molecular complexity index is 970. The van der Waals surface area contributed by atoms with Gasteiger partial charge in [-0.3, -0.25) is 4.79 Å². The van der Waals surface area contributed by atoms with Gasteiger partial charge in [-0.1, -0.05) is 41.4 Å². The number of carbonyl (C=O) groups excluding carboxylic acids is 1. The van der Waals surface area contributed by atoms with Crippen molar-refractivity contribution < 1.29 is 15.0 Å². The topological polar surface area (TPSA) is 72.8 Å². The zero-order valence-electron chi connectivity index (χ0n) is 17.5. The first-order valence-electron chi connectivity index (χ1n) is 10.7. The van der Waals surface area contributed by atoms with Crippen molar-refractivity contribution >= 4 is 29.1 Å². The number of aromatic hydroxyl groups is 1. The monoisotopic (exact) mass is 462 g/mol. The Labute approximate surface area is 193 Å². The van der Waals surface area contributed by atoms with Gasteiger partial charge in [-0.15, -0.1) is 0 Å². The van der Waals surface area contributed by atoms with E-state index < -0.39 is 6.10 Å². The summed E-state index contributed by atoms with van der Waals surface area (Å²) in [4.78, 5) is 15.0. The van der Waals surface area contributed by atoms with E-state index in [1.807, 2.05) is 18.2 Å². The van der Waals surface area contributed by atoms with Crippen LogP contribution in [-0.2, 0) is 16.6 Å². The minimum Gasteiger partial charge on any atom is -0.508 e. The average molecular weight is 463 g/mol. The standard InChI is InChI=1S/C24H28Cl2N2O3/c1-28-8-7-24(16-3-2-4-18(29)11-16)13-17(12-22(30)19(24)14-28)27-23(31)10-15-5-6-20(25)21(26)9-15/h2-6,9,11,17,19,22,29-30H,7-8,10,12-14H2,1H3,(H,27,31)/t17-,19?,22?,24?/m0/s1. The number of nitrogens with one attached hydrogen (secondary N) is 1. The molecule has 31 heavy (non-hydrogen) atoms. The predicted octanol–water partition coefficient (Wildman–Crippen LogP) is 3.77. The van der Waals surface area contributed by atoms with E-state index in [1.165, 1.54) is 0 Å². The van der Waals surface area contributed by atoms with Crippen molar-refractivity contribution in [3.8, 4) is 5.75 Å². The normalized spacial score (nSPS) is 28.7. The van der Waals surface area contributed by atoms with E-state index in [1.54, 1.807) is 24.3 Å². The zero-order chi connectivity index (χ0) is 22.2. The van der Waals surface area contributed by atoms with E-state index in [9.17, 15) is 15.0 Å². The lowest BCUT2D eigenvalue weighted by Gasteiger charge is -2.54. The lowest BCUT2D eigenvalue weighted by atomic mass is 9.57. The number of amides is 1. The van der Waals surface area contributed by atoms with E-state index in [2.05, 4.69) is 17.3 Å². The fourth-order valence-corrected chi connectivity index (χ4v) is 5.74. The summed E-state index contributed by atoms with van der Waals surface area (Å²) in [5.41, 5.74) is 1.54. The molecular formula is C24H28Cl2N2O3. The summed E-state index contributed by atoms with van der Waals surface area (Å²) in [5.74, 6) is 0.175. The van der Waals surface area contributed by atoms with Gasteiger partial charge in [0.2, 0.25) is 5.91 Å². The lowest BCUT2D eigenvalue weighted by Crippen LogP contribution is -2.60. The van der Waals surface area contributed by atoms with Crippen LogP contribution in [0.5, 0.6) is 5.75 Å². The van der Waals surface area contributed by atoms with E-state index in [4.69, 9.17) is 23.2 Å². The summed E-state index contributed by atoms with van der Waals surface area (Å²) < 4.78 is 0. The Morgan fingerprint density at radius 2 is 2.03 bits per heavy atom. The Morgan fingerprint density at radius 1 is 1.23 bits per heavy atom. The van der Waals surface area contributed by atoms with Crippen molar-refractivity contribution in [3.63, 3.8) is 0 Å². The quantitative estimate of drug-likeness (QED) is 0.646. The highest BCUT2D eigenvalue weighted by Crippen LogP contribution is 2.49. The molecule has 0 spiro atoms. The van der Waals surface area contributed by atoms with Crippen LogP contribution in [0.15, 0.2) is 42.5 Å². The zero-order valence-corrected chi connectivity index (χ0v) is 19.0. The fourth-order valence-electron chi connectivity index (χ4n) is 5.42. The summed E-state index contributed by atoms with van der Waals surface area (Å²) in [5, 5.41) is 25.2. The number of phenolic OH excluding ortho intramolecular Hbond substituents is 1. The van der Waals surface area contributed by atoms with Gasteiger partial charge in [0.05, 0.1) is 22.6 Å². The molecule has 2 aromatic carbocycles. The van der Waals surface area contributed by atoms with Gasteiger partial charge in [0.15, 0.2) is 0 Å². The molecule has 3 unspecified atom stereocenters. The molecule has 2 fully saturated rings. The van der Waals surface area contributed by atoms with Crippen molar-refractivity contribution in [1.29, 1.82) is 0 Å². The minimum atomic E-state index is -0.533. The Balaban J connectivity index is 1.55. The first-order valence-corrected chi connectivity index (χ1v) is 11.4. The third-order valence-electron chi connectivity index (χ3n) is 6.89. The van der Waals surface area contributed by atoms with Gasteiger partial charge < -0.3 is 20.4 Å². The number of halogens is 2. The number of hydrogen-bond acceptors (Lipinski definition) is 4. The van der Waals surface area contributed by atoms with Gasteiger partial charge in [-0.05, 0) is 68.2 Å². The van der Waals surface area contributed by atoms with Crippen molar-refractivity contribution in [1.82, 2.24) is 10.2 Å². The summed E-state index contributed by atoms with van der Waals surface area (Å²) >= 11 is 12.0. The summed E-state index contributed by atoms with van der Waals surface area (Å²) in [6.07, 6.45) is 1.79. The van der Waals surface area contributed by atoms with E-state index in [0.717, 1.165) is 37.1 Å². The molecule has 2 aromatic rings. The lowest BCUT2D eigenvalue weighted by molar-refractivity contribution is -0.122. The van der Waals surface area contributed by atoms with Gasteiger partial charge in [0, 0.05) is 23.9 Å². The SMILES string of the molecule is CN1CCC2(c3cccc(O)c3)C[C@@H](NC(=O)Cc3ccc(Cl)c(Cl)c3)CC(O)C2C1. The molecule has 5 nitrogen and oxygen atoms in total. The highest BCUT2D eigenvalue weighted by atomic mass is 35.5. The van der Waals surface area contributed by atoms with Gasteiger partial charge in [-0.25, -0.2) is 0 Å². The minimum absolute atomic E-state index is 0.0521. The molecule has 1 saturated carbocycles. The van der Waals surface area contributed by atoms with Crippen molar-refractivity contribution in [3.05, 3.63) is 63.6 Å². The molecule has 0 bridgehead atoms. The van der Waals surface area contributed by atoms with Crippen LogP contribution in [0.3, 0.4) is 0 Å². The van der Waals surface area contributed by atoms with Crippen LogP contribution in [0.1, 0.15) is 30.4 Å². The number of fused-ring (bicyclic) bond motifs is 1. The number of aliphatic hydroxyl groups is 1. The molecule has 3 N–H and O–H groups in total. The van der Waals surface area contributed by atoms with Crippen LogP contribution in [-0.4, -0.2) is 53.3 Å². The molecule has 1 saturated heterocycles. The molecule has 1 aliphatic carbocycles. The predicted molar refractivity (Wildman–Crippen MR) is 123 cm³/mol. The Kier molecular flexibility index (Phi) is 6.50. The number of piperidine rings is 1. The maximum Gasteiger partial charge on any atom is 0.224 e. The van der Waals surface area contributed by atoms with Crippen molar-refractivity contribution in [2.75, 3.05) is 20.1 Å². The second-order valence-corrected chi connectivity index (χ2v) is 9.84. The van der Waals surface area contributed by atoms with Gasteiger partial charge in [-0.2, -0.15) is 0 Å². The highest BCUT2D eigenvalue weighted by Gasteiger charge is 2.51. The van der Waals surface area contributed by atoms with E-state index in [0.29, 0.717) is 16.5 Å². The number of nitrogens with zero attached hydrogens (tertiary/aromatic N) is 1. The van der Waals surface area contributed by atoms with Crippen molar-refractivity contribution in [2.24, 2.45) is 5.92 Å². The van der Waals surface area contributed by atoms with Crippen LogP contribution in [0.2, 0.25) is 10.0 Å². The number of benzene rings is 2. The van der Waals surface area contributed by atoms with Crippen LogP contribution >= 0.6 is 23.2 Å². The molecule has 1 heterocycles. The number of aliphatic hydroxyl groups excluding tert-OH is 1. The number of hydrogen-bond donors (Lipinski definition) is 3. The maximum absolute atomic E-state index is 12.8. The number of phenols is 1. The summed E-state index contributed by atoms with van der Waals surface area (Å²) in [6.45, 7) is 1.70. The average Bonchev–Trinajstić information content (AvgIpc) is 2.71. The van der Waals surface area contributed by atoms with E-state index in [-0.39, 0.29) is 35.5 Å². The molecule has 0 aromatic heterocycles. The van der Waals surface area contributed by atoms with Crippen LogP contribution in [0.4, 0.5) is 0 Å². The van der Waals surface area contributed by atoms with Crippen LogP contribution in [0, 0.1) is 5.92 Å². The molecule has 2 aliphatic rings. The van der Waals surface area contributed by atoms with Gasteiger partial charge in [0.1, 0.15) is 5.75 Å². The molecule has 1 amide bonds. The molecule has 4 atom stereocenters.